The lowest BCUT2D eigenvalue weighted by atomic mass is 10.1. The van der Waals surface area contributed by atoms with Crippen molar-refractivity contribution in [2.75, 3.05) is 18.5 Å². The monoisotopic (exact) mass is 396 g/mol. The van der Waals surface area contributed by atoms with Crippen molar-refractivity contribution in [3.8, 4) is 5.75 Å². The highest BCUT2D eigenvalue weighted by molar-refractivity contribution is 5.97. The molecule has 0 saturated carbocycles. The fourth-order valence-corrected chi connectivity index (χ4v) is 3.21. The quantitative estimate of drug-likeness (QED) is 0.713. The predicted octanol–water partition coefficient (Wildman–Crippen LogP) is 3.70. The minimum Gasteiger partial charge on any atom is -0.480 e. The summed E-state index contributed by atoms with van der Waals surface area (Å²) in [6.45, 7) is 5.14. The first-order valence-electron chi connectivity index (χ1n) is 10.1. The SMILES string of the molecule is CCC(Oc1ccccc1C)C(=O)Nc1ccc(C(=O)NCC2CCCO2)cc1. The van der Waals surface area contributed by atoms with Gasteiger partial charge in [-0.2, -0.15) is 0 Å². The van der Waals surface area contributed by atoms with Crippen LogP contribution in [0, 0.1) is 6.92 Å². The number of benzene rings is 2. The maximum absolute atomic E-state index is 12.6. The Balaban J connectivity index is 1.54. The van der Waals surface area contributed by atoms with Gasteiger partial charge in [0.15, 0.2) is 6.10 Å². The van der Waals surface area contributed by atoms with E-state index in [1.807, 2.05) is 38.1 Å². The summed E-state index contributed by atoms with van der Waals surface area (Å²) >= 11 is 0. The normalized spacial score (nSPS) is 16.8. The summed E-state index contributed by atoms with van der Waals surface area (Å²) in [4.78, 5) is 24.8. The number of anilines is 1. The van der Waals surface area contributed by atoms with Gasteiger partial charge in [0, 0.05) is 24.4 Å². The maximum Gasteiger partial charge on any atom is 0.265 e. The van der Waals surface area contributed by atoms with Crippen LogP contribution in [-0.4, -0.2) is 37.2 Å². The largest absolute Gasteiger partial charge is 0.480 e. The molecule has 2 atom stereocenters. The van der Waals surface area contributed by atoms with Crippen molar-refractivity contribution in [3.05, 3.63) is 59.7 Å². The summed E-state index contributed by atoms with van der Waals surface area (Å²) in [5.74, 6) is 0.340. The lowest BCUT2D eigenvalue weighted by Crippen LogP contribution is -2.33. The minimum atomic E-state index is -0.592. The van der Waals surface area contributed by atoms with Gasteiger partial charge in [0.25, 0.3) is 11.8 Å². The molecule has 154 valence electrons. The molecule has 1 aliphatic rings. The number of aryl methyl sites for hydroxylation is 1. The highest BCUT2D eigenvalue weighted by atomic mass is 16.5. The Kier molecular flexibility index (Phi) is 7.25. The van der Waals surface area contributed by atoms with E-state index in [2.05, 4.69) is 10.6 Å². The van der Waals surface area contributed by atoms with Crippen LogP contribution in [0.5, 0.6) is 5.75 Å². The smallest absolute Gasteiger partial charge is 0.265 e. The van der Waals surface area contributed by atoms with E-state index in [-0.39, 0.29) is 17.9 Å². The Hall–Kier alpha value is -2.86. The van der Waals surface area contributed by atoms with Crippen molar-refractivity contribution in [2.24, 2.45) is 0 Å². The Morgan fingerprint density at radius 2 is 1.93 bits per heavy atom. The third kappa shape index (κ3) is 5.81. The number of amides is 2. The van der Waals surface area contributed by atoms with E-state index in [1.54, 1.807) is 24.3 Å². The summed E-state index contributed by atoms with van der Waals surface area (Å²) in [6, 6.07) is 14.5. The highest BCUT2D eigenvalue weighted by Crippen LogP contribution is 2.20. The Morgan fingerprint density at radius 3 is 2.59 bits per heavy atom. The van der Waals surface area contributed by atoms with Gasteiger partial charge < -0.3 is 20.1 Å². The van der Waals surface area contributed by atoms with Crippen LogP contribution in [0.2, 0.25) is 0 Å². The molecule has 6 heteroatoms. The number of carbonyl (C=O) groups excluding carboxylic acids is 2. The van der Waals surface area contributed by atoms with Crippen LogP contribution >= 0.6 is 0 Å². The summed E-state index contributed by atoms with van der Waals surface area (Å²) < 4.78 is 11.4. The van der Waals surface area contributed by atoms with Crippen LogP contribution in [0.4, 0.5) is 5.69 Å². The second kappa shape index (κ2) is 10.1. The molecule has 0 radical (unpaired) electrons. The van der Waals surface area contributed by atoms with Gasteiger partial charge in [-0.15, -0.1) is 0 Å². The van der Waals surface area contributed by atoms with Crippen molar-refractivity contribution < 1.29 is 19.1 Å². The molecule has 2 amide bonds. The number of hydrogen-bond acceptors (Lipinski definition) is 4. The predicted molar refractivity (Wildman–Crippen MR) is 112 cm³/mol. The molecule has 1 heterocycles. The zero-order valence-corrected chi connectivity index (χ0v) is 16.9. The molecule has 0 aromatic heterocycles. The van der Waals surface area contributed by atoms with E-state index in [1.165, 1.54) is 0 Å². The molecule has 2 N–H and O–H groups in total. The van der Waals surface area contributed by atoms with Gasteiger partial charge in [0.1, 0.15) is 5.75 Å². The van der Waals surface area contributed by atoms with Gasteiger partial charge in [-0.05, 0) is 62.1 Å². The average Bonchev–Trinajstić information content (AvgIpc) is 3.25. The lowest BCUT2D eigenvalue weighted by molar-refractivity contribution is -0.122. The summed E-state index contributed by atoms with van der Waals surface area (Å²) in [5, 5.41) is 5.75. The van der Waals surface area contributed by atoms with Crippen LogP contribution < -0.4 is 15.4 Å². The van der Waals surface area contributed by atoms with Crippen LogP contribution in [0.25, 0.3) is 0 Å². The molecule has 3 rings (SSSR count). The average molecular weight is 396 g/mol. The van der Waals surface area contributed by atoms with Gasteiger partial charge in [0.2, 0.25) is 0 Å². The topological polar surface area (TPSA) is 76.7 Å². The third-order valence-corrected chi connectivity index (χ3v) is 4.95. The van der Waals surface area contributed by atoms with E-state index < -0.39 is 6.10 Å². The number of rotatable bonds is 8. The summed E-state index contributed by atoms with van der Waals surface area (Å²) in [7, 11) is 0. The molecule has 1 saturated heterocycles. The van der Waals surface area contributed by atoms with Gasteiger partial charge in [-0.1, -0.05) is 25.1 Å². The first-order chi connectivity index (χ1) is 14.1. The van der Waals surface area contributed by atoms with Crippen LogP contribution in [0.3, 0.4) is 0 Å². The van der Waals surface area contributed by atoms with E-state index in [0.717, 1.165) is 25.0 Å². The summed E-state index contributed by atoms with van der Waals surface area (Å²) in [6.07, 6.45) is 2.08. The number of hydrogen-bond donors (Lipinski definition) is 2. The zero-order valence-electron chi connectivity index (χ0n) is 16.9. The van der Waals surface area contributed by atoms with Gasteiger partial charge in [-0.3, -0.25) is 9.59 Å². The first-order valence-corrected chi connectivity index (χ1v) is 10.1. The lowest BCUT2D eigenvalue weighted by Gasteiger charge is -2.18. The molecule has 2 aromatic carbocycles. The second-order valence-electron chi connectivity index (χ2n) is 7.19. The highest BCUT2D eigenvalue weighted by Gasteiger charge is 2.20. The Morgan fingerprint density at radius 1 is 1.17 bits per heavy atom. The molecular formula is C23H28N2O4. The summed E-state index contributed by atoms with van der Waals surface area (Å²) in [5.41, 5.74) is 2.15. The molecule has 29 heavy (non-hydrogen) atoms. The van der Waals surface area contributed by atoms with Crippen molar-refractivity contribution >= 4 is 17.5 Å². The molecule has 1 fully saturated rings. The van der Waals surface area contributed by atoms with Gasteiger partial charge in [-0.25, -0.2) is 0 Å². The second-order valence-corrected chi connectivity index (χ2v) is 7.19. The van der Waals surface area contributed by atoms with Crippen molar-refractivity contribution in [3.63, 3.8) is 0 Å². The minimum absolute atomic E-state index is 0.108. The van der Waals surface area contributed by atoms with E-state index in [9.17, 15) is 9.59 Å². The number of nitrogens with one attached hydrogen (secondary N) is 2. The molecule has 0 spiro atoms. The fraction of sp³-hybridized carbons (Fsp3) is 0.391. The molecule has 0 bridgehead atoms. The zero-order chi connectivity index (χ0) is 20.6. The molecule has 6 nitrogen and oxygen atoms in total. The molecule has 2 aromatic rings. The van der Waals surface area contributed by atoms with Crippen molar-refractivity contribution in [1.29, 1.82) is 0 Å². The Labute approximate surface area is 171 Å². The van der Waals surface area contributed by atoms with Crippen LogP contribution in [-0.2, 0) is 9.53 Å². The molecule has 2 unspecified atom stereocenters. The number of ether oxygens (including phenoxy) is 2. The van der Waals surface area contributed by atoms with E-state index in [0.29, 0.717) is 30.0 Å². The number of para-hydroxylation sites is 1. The fourth-order valence-electron chi connectivity index (χ4n) is 3.21. The van der Waals surface area contributed by atoms with E-state index in [4.69, 9.17) is 9.47 Å². The number of carbonyl (C=O) groups is 2. The molecule has 0 aliphatic carbocycles. The maximum atomic E-state index is 12.6. The third-order valence-electron chi connectivity index (χ3n) is 4.95. The van der Waals surface area contributed by atoms with Crippen LogP contribution in [0.1, 0.15) is 42.1 Å². The first kappa shape index (κ1) is 20.9. The molecule has 1 aliphatic heterocycles. The van der Waals surface area contributed by atoms with E-state index >= 15 is 0 Å². The Bertz CT molecular complexity index is 829. The van der Waals surface area contributed by atoms with Gasteiger partial charge >= 0.3 is 0 Å². The molecular weight excluding hydrogens is 368 g/mol. The standard InChI is InChI=1S/C23H28N2O4/c1-3-20(29-21-9-5-4-7-16(21)2)23(27)25-18-12-10-17(11-13-18)22(26)24-15-19-8-6-14-28-19/h4-5,7,9-13,19-20H,3,6,8,14-15H2,1-2H3,(H,24,26)(H,25,27). The van der Waals surface area contributed by atoms with Gasteiger partial charge in [0.05, 0.1) is 6.10 Å². The van der Waals surface area contributed by atoms with Crippen molar-refractivity contribution in [1.82, 2.24) is 5.32 Å². The van der Waals surface area contributed by atoms with Crippen molar-refractivity contribution in [2.45, 2.75) is 45.3 Å². The van der Waals surface area contributed by atoms with Crippen LogP contribution in [0.15, 0.2) is 48.5 Å².